The minimum atomic E-state index is 0.262. The van der Waals surface area contributed by atoms with Gasteiger partial charge < -0.3 is 13.7 Å². The van der Waals surface area contributed by atoms with E-state index in [1.807, 2.05) is 12.1 Å². The highest BCUT2D eigenvalue weighted by atomic mass is 16.4. The second-order valence-electron chi connectivity index (χ2n) is 5.09. The lowest BCUT2D eigenvalue weighted by molar-refractivity contribution is 0.558. The zero-order valence-corrected chi connectivity index (χ0v) is 11.5. The van der Waals surface area contributed by atoms with Crippen molar-refractivity contribution in [2.24, 2.45) is 0 Å². The molecule has 0 unspecified atom stereocenters. The van der Waals surface area contributed by atoms with E-state index in [0.717, 1.165) is 24.2 Å². The van der Waals surface area contributed by atoms with Crippen LogP contribution in [0.1, 0.15) is 19.3 Å². The molecule has 108 valence electrons. The first-order valence-electron chi connectivity index (χ1n) is 7.07. The normalized spacial score (nSPS) is 15.5. The molecule has 0 aliphatic carbocycles. The van der Waals surface area contributed by atoms with Gasteiger partial charge in [0.2, 0.25) is 6.39 Å². The fraction of sp³-hybridized carbons (Fsp3) is 0.357. The molecule has 0 atom stereocenters. The summed E-state index contributed by atoms with van der Waals surface area (Å²) in [6, 6.07) is 6.71. The number of piperidine rings is 1. The Balaban J connectivity index is 1.61. The topological polar surface area (TPSA) is 80.2 Å². The Kier molecular flexibility index (Phi) is 2.95. The molecule has 21 heavy (non-hydrogen) atoms. The number of aromatic nitrogens is 3. The van der Waals surface area contributed by atoms with E-state index in [9.17, 15) is 0 Å². The van der Waals surface area contributed by atoms with Gasteiger partial charge in [0.15, 0.2) is 5.58 Å². The summed E-state index contributed by atoms with van der Waals surface area (Å²) in [6.07, 6.45) is 5.07. The molecular weight excluding hydrogens is 270 g/mol. The second kappa shape index (κ2) is 5.08. The van der Waals surface area contributed by atoms with Crippen molar-refractivity contribution < 1.29 is 8.83 Å². The lowest BCUT2D eigenvalue weighted by atomic mass is 10.1. The highest BCUT2D eigenvalue weighted by Gasteiger charge is 2.14. The number of oxazole rings is 1. The lowest BCUT2D eigenvalue weighted by Crippen LogP contribution is -2.29. The fourth-order valence-electron chi connectivity index (χ4n) is 2.63. The molecule has 1 aliphatic rings. The lowest BCUT2D eigenvalue weighted by Gasteiger charge is -2.28. The van der Waals surface area contributed by atoms with E-state index in [0.29, 0.717) is 6.01 Å². The SMILES string of the molecule is c1nnc(Nc2nc3ccc(N4CCCCC4)cc3o2)o1. The van der Waals surface area contributed by atoms with E-state index in [1.54, 1.807) is 0 Å². The Bertz CT molecular complexity index is 731. The summed E-state index contributed by atoms with van der Waals surface area (Å²) in [5.74, 6) is 0. The van der Waals surface area contributed by atoms with Crippen molar-refractivity contribution in [2.45, 2.75) is 19.3 Å². The predicted molar refractivity (Wildman–Crippen MR) is 77.7 cm³/mol. The maximum atomic E-state index is 5.70. The van der Waals surface area contributed by atoms with Crippen molar-refractivity contribution in [3.8, 4) is 0 Å². The van der Waals surface area contributed by atoms with Crippen LogP contribution in [0.2, 0.25) is 0 Å². The summed E-state index contributed by atoms with van der Waals surface area (Å²) in [7, 11) is 0. The van der Waals surface area contributed by atoms with Gasteiger partial charge in [-0.3, -0.25) is 5.32 Å². The van der Waals surface area contributed by atoms with Crippen molar-refractivity contribution in [3.63, 3.8) is 0 Å². The minimum Gasteiger partial charge on any atom is -0.423 e. The van der Waals surface area contributed by atoms with Crippen LogP contribution in [0.25, 0.3) is 11.1 Å². The smallest absolute Gasteiger partial charge is 0.323 e. The molecule has 0 amide bonds. The van der Waals surface area contributed by atoms with E-state index in [2.05, 4.69) is 31.5 Å². The van der Waals surface area contributed by atoms with Gasteiger partial charge in [-0.15, -0.1) is 5.10 Å². The summed E-state index contributed by atoms with van der Waals surface area (Å²) < 4.78 is 10.7. The number of nitrogens with one attached hydrogen (secondary N) is 1. The Morgan fingerprint density at radius 3 is 2.81 bits per heavy atom. The van der Waals surface area contributed by atoms with Crippen LogP contribution in [0.15, 0.2) is 33.4 Å². The standard InChI is InChI=1S/C14H15N5O2/c1-2-6-19(7-3-1)10-4-5-11-12(8-10)21-13(16-11)17-14-18-15-9-20-14/h4-5,8-9H,1-3,6-7H2,(H,16,17,18). The van der Waals surface area contributed by atoms with Crippen molar-refractivity contribution in [1.29, 1.82) is 0 Å². The number of nitrogens with zero attached hydrogens (tertiary/aromatic N) is 4. The molecule has 1 fully saturated rings. The van der Waals surface area contributed by atoms with Gasteiger partial charge in [0.05, 0.1) is 0 Å². The van der Waals surface area contributed by atoms with Crippen LogP contribution in [0.3, 0.4) is 0 Å². The third-order valence-corrected chi connectivity index (χ3v) is 3.67. The summed E-state index contributed by atoms with van der Waals surface area (Å²) in [5.41, 5.74) is 2.74. The number of hydrogen-bond acceptors (Lipinski definition) is 7. The zero-order chi connectivity index (χ0) is 14.1. The zero-order valence-electron chi connectivity index (χ0n) is 11.5. The van der Waals surface area contributed by atoms with Gasteiger partial charge in [0.25, 0.3) is 0 Å². The molecule has 7 heteroatoms. The quantitative estimate of drug-likeness (QED) is 0.792. The molecule has 3 aromatic rings. The van der Waals surface area contributed by atoms with E-state index in [1.165, 1.54) is 31.3 Å². The molecule has 3 heterocycles. The van der Waals surface area contributed by atoms with Crippen molar-refractivity contribution in [1.82, 2.24) is 15.2 Å². The van der Waals surface area contributed by atoms with E-state index in [-0.39, 0.29) is 6.01 Å². The molecule has 0 spiro atoms. The number of rotatable bonds is 3. The molecule has 7 nitrogen and oxygen atoms in total. The first kappa shape index (κ1) is 12.2. The molecule has 0 radical (unpaired) electrons. The molecule has 0 bridgehead atoms. The van der Waals surface area contributed by atoms with Gasteiger partial charge in [0, 0.05) is 24.8 Å². The molecule has 1 saturated heterocycles. The molecule has 0 saturated carbocycles. The number of benzene rings is 1. The molecule has 2 aromatic heterocycles. The summed E-state index contributed by atoms with van der Waals surface area (Å²) in [5, 5.41) is 10.2. The van der Waals surface area contributed by atoms with Crippen molar-refractivity contribution >= 4 is 28.8 Å². The Morgan fingerprint density at radius 2 is 2.00 bits per heavy atom. The van der Waals surface area contributed by atoms with Gasteiger partial charge in [0.1, 0.15) is 5.52 Å². The molecule has 1 aromatic carbocycles. The summed E-state index contributed by atoms with van der Waals surface area (Å²) in [6.45, 7) is 2.21. The van der Waals surface area contributed by atoms with Crippen LogP contribution in [0.5, 0.6) is 0 Å². The third-order valence-electron chi connectivity index (χ3n) is 3.67. The summed E-state index contributed by atoms with van der Waals surface area (Å²) in [4.78, 5) is 6.74. The predicted octanol–water partition coefficient (Wildman–Crippen LogP) is 2.94. The number of anilines is 3. The third kappa shape index (κ3) is 2.42. The minimum absolute atomic E-state index is 0.262. The monoisotopic (exact) mass is 285 g/mol. The number of hydrogen-bond donors (Lipinski definition) is 1. The van der Waals surface area contributed by atoms with Crippen LogP contribution < -0.4 is 10.2 Å². The van der Waals surface area contributed by atoms with Gasteiger partial charge in [-0.05, 0) is 31.4 Å². The Hall–Kier alpha value is -2.57. The van der Waals surface area contributed by atoms with Gasteiger partial charge in [-0.1, -0.05) is 5.10 Å². The second-order valence-corrected chi connectivity index (χ2v) is 5.09. The molecule has 1 aliphatic heterocycles. The highest BCUT2D eigenvalue weighted by Crippen LogP contribution is 2.27. The molecule has 1 N–H and O–H groups in total. The number of fused-ring (bicyclic) bond motifs is 1. The largest absolute Gasteiger partial charge is 0.423 e. The van der Waals surface area contributed by atoms with Crippen LogP contribution >= 0.6 is 0 Å². The average molecular weight is 285 g/mol. The molecule has 4 rings (SSSR count). The molecular formula is C14H15N5O2. The van der Waals surface area contributed by atoms with Crippen LogP contribution in [0, 0.1) is 0 Å². The first-order valence-corrected chi connectivity index (χ1v) is 7.07. The van der Waals surface area contributed by atoms with Gasteiger partial charge in [-0.25, -0.2) is 0 Å². The van der Waals surface area contributed by atoms with Gasteiger partial charge >= 0.3 is 12.0 Å². The van der Waals surface area contributed by atoms with E-state index >= 15 is 0 Å². The van der Waals surface area contributed by atoms with Crippen LogP contribution in [-0.4, -0.2) is 28.3 Å². The van der Waals surface area contributed by atoms with E-state index < -0.39 is 0 Å². The fourth-order valence-corrected chi connectivity index (χ4v) is 2.63. The highest BCUT2D eigenvalue weighted by molar-refractivity contribution is 5.79. The Labute approximate surface area is 121 Å². The first-order chi connectivity index (χ1) is 10.4. The van der Waals surface area contributed by atoms with Crippen molar-refractivity contribution in [2.75, 3.05) is 23.3 Å². The van der Waals surface area contributed by atoms with Crippen LogP contribution in [0.4, 0.5) is 17.7 Å². The van der Waals surface area contributed by atoms with Crippen LogP contribution in [-0.2, 0) is 0 Å². The van der Waals surface area contributed by atoms with E-state index in [4.69, 9.17) is 8.83 Å². The average Bonchev–Trinajstić information content (AvgIpc) is 3.16. The summed E-state index contributed by atoms with van der Waals surface area (Å²) >= 11 is 0. The van der Waals surface area contributed by atoms with Crippen molar-refractivity contribution in [3.05, 3.63) is 24.6 Å². The van der Waals surface area contributed by atoms with Gasteiger partial charge in [-0.2, -0.15) is 4.98 Å². The Morgan fingerprint density at radius 1 is 1.10 bits per heavy atom. The maximum Gasteiger partial charge on any atom is 0.323 e. The maximum absolute atomic E-state index is 5.70.